The van der Waals surface area contributed by atoms with Crippen molar-refractivity contribution in [2.24, 2.45) is 0 Å². The summed E-state index contributed by atoms with van der Waals surface area (Å²) in [5, 5.41) is 2.21. The molecule has 1 aliphatic rings. The van der Waals surface area contributed by atoms with Gasteiger partial charge in [-0.15, -0.1) is 0 Å². The summed E-state index contributed by atoms with van der Waals surface area (Å²) in [5.41, 5.74) is 12.0. The highest BCUT2D eigenvalue weighted by molar-refractivity contribution is 6.14. The highest BCUT2D eigenvalue weighted by Gasteiger charge is 2.46. The van der Waals surface area contributed by atoms with Gasteiger partial charge in [0.2, 0.25) is 0 Å². The quantitative estimate of drug-likeness (QED) is 0.203. The van der Waals surface area contributed by atoms with Gasteiger partial charge in [-0.25, -0.2) is 0 Å². The zero-order chi connectivity index (χ0) is 29.8. The molecular formula is C43H29NO. The Kier molecular flexibility index (Phi) is 5.76. The zero-order valence-electron chi connectivity index (χ0n) is 24.6. The fourth-order valence-electron chi connectivity index (χ4n) is 7.52. The fourth-order valence-corrected chi connectivity index (χ4v) is 7.52. The topological polar surface area (TPSA) is 16.4 Å². The van der Waals surface area contributed by atoms with Crippen molar-refractivity contribution in [3.8, 4) is 11.1 Å². The third-order valence-corrected chi connectivity index (χ3v) is 9.32. The number of rotatable bonds is 5. The number of anilines is 3. The molecule has 0 fully saturated rings. The minimum Gasteiger partial charge on any atom is -0.456 e. The van der Waals surface area contributed by atoms with Crippen LogP contribution in [0, 0.1) is 0 Å². The third kappa shape index (κ3) is 3.76. The van der Waals surface area contributed by atoms with Crippen LogP contribution in [0.3, 0.4) is 0 Å². The molecule has 2 heteroatoms. The number of benzene rings is 7. The van der Waals surface area contributed by atoms with Crippen LogP contribution in [0.1, 0.15) is 22.3 Å². The van der Waals surface area contributed by atoms with Crippen molar-refractivity contribution in [1.82, 2.24) is 0 Å². The molecule has 0 amide bonds. The number of nitrogens with zero attached hydrogens (tertiary/aromatic N) is 1. The van der Waals surface area contributed by atoms with E-state index in [0.29, 0.717) is 0 Å². The fraction of sp³-hybridized carbons (Fsp3) is 0.0233. The Morgan fingerprint density at radius 3 is 1.56 bits per heavy atom. The van der Waals surface area contributed by atoms with Crippen LogP contribution >= 0.6 is 0 Å². The van der Waals surface area contributed by atoms with E-state index in [1.54, 1.807) is 0 Å². The van der Waals surface area contributed by atoms with Crippen molar-refractivity contribution in [1.29, 1.82) is 0 Å². The Balaban J connectivity index is 1.46. The van der Waals surface area contributed by atoms with Gasteiger partial charge in [-0.3, -0.25) is 0 Å². The lowest BCUT2D eigenvalue weighted by atomic mass is 9.67. The van der Waals surface area contributed by atoms with Crippen LogP contribution in [-0.4, -0.2) is 0 Å². The van der Waals surface area contributed by atoms with Gasteiger partial charge in [0.15, 0.2) is 0 Å². The number of fused-ring (bicyclic) bond motifs is 6. The van der Waals surface area contributed by atoms with Crippen molar-refractivity contribution in [2.45, 2.75) is 5.41 Å². The Labute approximate surface area is 262 Å². The van der Waals surface area contributed by atoms with Gasteiger partial charge in [0.05, 0.1) is 16.5 Å². The molecule has 1 aromatic heterocycles. The zero-order valence-corrected chi connectivity index (χ0v) is 24.6. The van der Waals surface area contributed by atoms with Crippen LogP contribution in [0.2, 0.25) is 0 Å². The molecule has 0 bridgehead atoms. The summed E-state index contributed by atoms with van der Waals surface area (Å²) < 4.78 is 6.75. The Morgan fingerprint density at radius 1 is 0.422 bits per heavy atom. The van der Waals surface area contributed by atoms with E-state index < -0.39 is 5.41 Å². The van der Waals surface area contributed by atoms with Crippen LogP contribution in [0.15, 0.2) is 180 Å². The third-order valence-electron chi connectivity index (χ3n) is 9.32. The molecule has 45 heavy (non-hydrogen) atoms. The minimum absolute atomic E-state index is 0.546. The van der Waals surface area contributed by atoms with Gasteiger partial charge in [0.25, 0.3) is 0 Å². The highest BCUT2D eigenvalue weighted by atomic mass is 16.3. The first kappa shape index (κ1) is 25.6. The van der Waals surface area contributed by atoms with Gasteiger partial charge in [0, 0.05) is 16.8 Å². The molecule has 0 spiro atoms. The van der Waals surface area contributed by atoms with E-state index in [1.165, 1.54) is 33.4 Å². The van der Waals surface area contributed by atoms with Crippen molar-refractivity contribution in [3.05, 3.63) is 198 Å². The summed E-state index contributed by atoms with van der Waals surface area (Å²) in [6.45, 7) is 0. The average Bonchev–Trinajstić information content (AvgIpc) is 3.64. The molecule has 1 heterocycles. The molecule has 0 radical (unpaired) electrons. The van der Waals surface area contributed by atoms with Crippen LogP contribution in [-0.2, 0) is 5.41 Å². The number of furan rings is 1. The maximum atomic E-state index is 6.75. The average molecular weight is 576 g/mol. The summed E-state index contributed by atoms with van der Waals surface area (Å²) in [4.78, 5) is 2.37. The van der Waals surface area contributed by atoms with E-state index in [2.05, 4.69) is 175 Å². The molecule has 7 aromatic carbocycles. The summed E-state index contributed by atoms with van der Waals surface area (Å²) in [6, 6.07) is 63.1. The van der Waals surface area contributed by atoms with Gasteiger partial charge in [-0.2, -0.15) is 0 Å². The number of hydrogen-bond acceptors (Lipinski definition) is 2. The molecular weight excluding hydrogens is 546 g/mol. The lowest BCUT2D eigenvalue weighted by Gasteiger charge is -2.35. The SMILES string of the molecule is c1ccc(N(c2ccccc2)c2cc(C3(c4ccccc4)c4ccccc4-c4ccccc43)cc3oc4ccccc4c23)cc1. The molecule has 0 unspecified atom stereocenters. The predicted octanol–water partition coefficient (Wildman–Crippen LogP) is 11.4. The molecule has 0 aliphatic heterocycles. The molecule has 8 aromatic rings. The second kappa shape index (κ2) is 10.1. The largest absolute Gasteiger partial charge is 0.456 e. The summed E-state index contributed by atoms with van der Waals surface area (Å²) >= 11 is 0. The molecule has 2 nitrogen and oxygen atoms in total. The molecule has 0 atom stereocenters. The molecule has 0 saturated heterocycles. The van der Waals surface area contributed by atoms with Crippen molar-refractivity contribution >= 4 is 39.0 Å². The minimum atomic E-state index is -0.546. The summed E-state index contributed by atoms with van der Waals surface area (Å²) in [5.74, 6) is 0. The van der Waals surface area contributed by atoms with Crippen LogP contribution in [0.25, 0.3) is 33.1 Å². The van der Waals surface area contributed by atoms with Crippen LogP contribution in [0.4, 0.5) is 17.1 Å². The lowest BCUT2D eigenvalue weighted by Crippen LogP contribution is -2.29. The standard InChI is InChI=1S/C43H29NO/c1-4-16-30(17-5-1)43(37-25-13-10-22-34(37)35-23-11-14-26-38(35)43)31-28-39(42-36-24-12-15-27-40(36)45-41(42)29-31)44(32-18-6-2-7-19-32)33-20-8-3-9-21-33/h1-29H. The Morgan fingerprint density at radius 2 is 0.933 bits per heavy atom. The maximum absolute atomic E-state index is 6.75. The molecule has 9 rings (SSSR count). The van der Waals surface area contributed by atoms with E-state index >= 15 is 0 Å². The van der Waals surface area contributed by atoms with E-state index in [0.717, 1.165) is 39.0 Å². The van der Waals surface area contributed by atoms with Gasteiger partial charge in [0.1, 0.15) is 11.2 Å². The highest BCUT2D eigenvalue weighted by Crippen LogP contribution is 2.57. The molecule has 1 aliphatic carbocycles. The molecule has 0 N–H and O–H groups in total. The van der Waals surface area contributed by atoms with E-state index in [4.69, 9.17) is 4.42 Å². The van der Waals surface area contributed by atoms with Gasteiger partial charge >= 0.3 is 0 Å². The number of para-hydroxylation sites is 3. The number of hydrogen-bond donors (Lipinski definition) is 0. The first-order valence-corrected chi connectivity index (χ1v) is 15.4. The summed E-state index contributed by atoms with van der Waals surface area (Å²) in [7, 11) is 0. The lowest BCUT2D eigenvalue weighted by molar-refractivity contribution is 0.665. The van der Waals surface area contributed by atoms with Crippen LogP contribution < -0.4 is 4.90 Å². The van der Waals surface area contributed by atoms with Crippen molar-refractivity contribution < 1.29 is 4.42 Å². The van der Waals surface area contributed by atoms with E-state index in [-0.39, 0.29) is 0 Å². The van der Waals surface area contributed by atoms with Gasteiger partial charge in [-0.05, 0) is 75.8 Å². The Hall–Kier alpha value is -5.86. The van der Waals surface area contributed by atoms with Crippen molar-refractivity contribution in [3.63, 3.8) is 0 Å². The monoisotopic (exact) mass is 575 g/mol. The van der Waals surface area contributed by atoms with E-state index in [1.807, 2.05) is 6.07 Å². The second-order valence-corrected chi connectivity index (χ2v) is 11.7. The molecule has 212 valence electrons. The summed E-state index contributed by atoms with van der Waals surface area (Å²) in [6.07, 6.45) is 0. The maximum Gasteiger partial charge on any atom is 0.137 e. The first-order chi connectivity index (χ1) is 22.3. The van der Waals surface area contributed by atoms with Gasteiger partial charge in [-0.1, -0.05) is 133 Å². The van der Waals surface area contributed by atoms with E-state index in [9.17, 15) is 0 Å². The Bertz CT molecular complexity index is 2240. The first-order valence-electron chi connectivity index (χ1n) is 15.4. The van der Waals surface area contributed by atoms with Crippen molar-refractivity contribution in [2.75, 3.05) is 4.90 Å². The van der Waals surface area contributed by atoms with Gasteiger partial charge < -0.3 is 9.32 Å². The second-order valence-electron chi connectivity index (χ2n) is 11.7. The smallest absolute Gasteiger partial charge is 0.137 e. The predicted molar refractivity (Wildman–Crippen MR) is 186 cm³/mol. The van der Waals surface area contributed by atoms with Crippen LogP contribution in [0.5, 0.6) is 0 Å². The molecule has 0 saturated carbocycles. The normalized spacial score (nSPS) is 13.1.